The van der Waals surface area contributed by atoms with E-state index in [2.05, 4.69) is 179 Å². The second-order valence-corrected chi connectivity index (χ2v) is 18.9. The van der Waals surface area contributed by atoms with Crippen molar-refractivity contribution in [2.24, 2.45) is 5.92 Å². The first-order valence-electron chi connectivity index (χ1n) is 22.3. The molecule has 310 valence electrons. The summed E-state index contributed by atoms with van der Waals surface area (Å²) in [5.74, 6) is 1.12. The largest absolute Gasteiger partial charge is 0.340 e. The van der Waals surface area contributed by atoms with Gasteiger partial charge in [0.05, 0.1) is 5.69 Å². The lowest BCUT2D eigenvalue weighted by Gasteiger charge is -2.50. The van der Waals surface area contributed by atoms with Gasteiger partial charge in [-0.3, -0.25) is 0 Å². The standard InChI is InChI=1S/C57H46B2F2N2S/c1-7-58-42-24-14-15-27-49(42)64-57-51(50-40(38-18-10-8-11-19-38)22-16-23-41(50)39-20-12-9-13-21-39)55-52-56(53(57)58)62(37(6)34(2)3)47-30-28-35(4)32-43(47)59(52)44-33-36(5)29-31-48(44)63(55)54-45(60)25-17-26-46(54)61/h7-34,37H,1H2,2-6H3/t37-/m1/s1. The second kappa shape index (κ2) is 15.6. The summed E-state index contributed by atoms with van der Waals surface area (Å²) in [6.45, 7) is 15.3. The molecular weight excluding hydrogens is 804 g/mol. The quantitative estimate of drug-likeness (QED) is 0.148. The topological polar surface area (TPSA) is 6.48 Å². The van der Waals surface area contributed by atoms with E-state index >= 15 is 8.78 Å². The molecule has 0 unspecified atom stereocenters. The molecule has 7 heteroatoms. The predicted molar refractivity (Wildman–Crippen MR) is 270 cm³/mol. The van der Waals surface area contributed by atoms with Crippen molar-refractivity contribution in [1.29, 1.82) is 0 Å². The van der Waals surface area contributed by atoms with Crippen molar-refractivity contribution in [1.82, 2.24) is 0 Å². The number of para-hydroxylation sites is 1. The molecule has 1 atom stereocenters. The van der Waals surface area contributed by atoms with Crippen LogP contribution >= 0.6 is 11.8 Å². The fourth-order valence-electron chi connectivity index (χ4n) is 10.6. The van der Waals surface area contributed by atoms with Gasteiger partial charge in [0.15, 0.2) is 0 Å². The minimum atomic E-state index is -0.622. The Labute approximate surface area is 380 Å². The summed E-state index contributed by atoms with van der Waals surface area (Å²) in [6.07, 6.45) is 0. The highest BCUT2D eigenvalue weighted by Crippen LogP contribution is 2.55. The van der Waals surface area contributed by atoms with Crippen LogP contribution in [0.1, 0.15) is 31.9 Å². The van der Waals surface area contributed by atoms with E-state index in [-0.39, 0.29) is 31.1 Å². The van der Waals surface area contributed by atoms with Gasteiger partial charge in [-0.05, 0) is 101 Å². The number of benzene rings is 8. The highest BCUT2D eigenvalue weighted by Gasteiger charge is 2.50. The van der Waals surface area contributed by atoms with Crippen LogP contribution in [0.3, 0.4) is 0 Å². The normalized spacial score (nSPS) is 13.8. The molecule has 3 aliphatic rings. The van der Waals surface area contributed by atoms with E-state index in [1.54, 1.807) is 11.8 Å². The van der Waals surface area contributed by atoms with E-state index in [1.807, 2.05) is 17.0 Å². The highest BCUT2D eigenvalue weighted by molar-refractivity contribution is 8.00. The zero-order valence-electron chi connectivity index (χ0n) is 36.7. The van der Waals surface area contributed by atoms with Crippen LogP contribution in [-0.2, 0) is 0 Å². The number of nitrogens with zero attached hydrogens (tertiary/aromatic N) is 2. The SMILES string of the molecule is C=CB1c2ccccc2Sc2c1c1c3c(c2-c2c(-c4ccccc4)cccc2-c2ccccc2)N(c2c(F)cccc2F)c2ccc(C)cc2B3c2cc(C)ccc2N1[C@H](C)C(C)C. The summed E-state index contributed by atoms with van der Waals surface area (Å²) in [6, 6.07) is 53.9. The van der Waals surface area contributed by atoms with Crippen LogP contribution in [0.15, 0.2) is 180 Å². The summed E-state index contributed by atoms with van der Waals surface area (Å²) in [4.78, 5) is 6.71. The Hall–Kier alpha value is -6.56. The number of hydrogen-bond acceptors (Lipinski definition) is 3. The van der Waals surface area contributed by atoms with Crippen molar-refractivity contribution in [2.45, 2.75) is 50.5 Å². The molecular formula is C57H46B2F2N2S. The van der Waals surface area contributed by atoms with E-state index in [4.69, 9.17) is 0 Å². The van der Waals surface area contributed by atoms with Crippen LogP contribution in [0.5, 0.6) is 0 Å². The van der Waals surface area contributed by atoms with Crippen molar-refractivity contribution in [3.63, 3.8) is 0 Å². The molecule has 3 aliphatic heterocycles. The molecule has 0 N–H and O–H groups in total. The molecule has 0 radical (unpaired) electrons. The molecule has 0 saturated carbocycles. The van der Waals surface area contributed by atoms with Gasteiger partial charge in [0, 0.05) is 44.0 Å². The molecule has 8 aromatic rings. The van der Waals surface area contributed by atoms with Crippen LogP contribution in [0.2, 0.25) is 0 Å². The van der Waals surface area contributed by atoms with Gasteiger partial charge in [0.1, 0.15) is 17.3 Å². The Kier molecular flexibility index (Phi) is 9.81. The fourth-order valence-corrected chi connectivity index (χ4v) is 11.9. The molecule has 64 heavy (non-hydrogen) atoms. The van der Waals surface area contributed by atoms with Crippen molar-refractivity contribution in [3.8, 4) is 33.4 Å². The molecule has 0 fully saturated rings. The van der Waals surface area contributed by atoms with Gasteiger partial charge < -0.3 is 9.80 Å². The molecule has 2 nitrogen and oxygen atoms in total. The molecule has 0 aromatic heterocycles. The van der Waals surface area contributed by atoms with Crippen molar-refractivity contribution >= 4 is 80.9 Å². The van der Waals surface area contributed by atoms with Gasteiger partial charge in [-0.25, -0.2) is 8.78 Å². The Bertz CT molecular complexity index is 3110. The fraction of sp³-hybridized carbons (Fsp3) is 0.123. The summed E-state index contributed by atoms with van der Waals surface area (Å²) in [5.41, 5.74) is 17.7. The lowest BCUT2D eigenvalue weighted by molar-refractivity contribution is 0.519. The van der Waals surface area contributed by atoms with Crippen molar-refractivity contribution < 1.29 is 8.78 Å². The predicted octanol–water partition coefficient (Wildman–Crippen LogP) is 12.2. The average Bonchev–Trinajstić information content (AvgIpc) is 3.31. The second-order valence-electron chi connectivity index (χ2n) is 17.9. The Morgan fingerprint density at radius 1 is 0.562 bits per heavy atom. The van der Waals surface area contributed by atoms with Gasteiger partial charge in [0.25, 0.3) is 6.71 Å². The van der Waals surface area contributed by atoms with Gasteiger partial charge in [-0.15, -0.1) is 12.6 Å². The first-order valence-corrected chi connectivity index (χ1v) is 23.1. The van der Waals surface area contributed by atoms with E-state index < -0.39 is 11.6 Å². The van der Waals surface area contributed by atoms with Crippen LogP contribution in [0.4, 0.5) is 37.2 Å². The van der Waals surface area contributed by atoms with Gasteiger partial charge in [0.2, 0.25) is 6.71 Å². The maximum atomic E-state index is 17.2. The van der Waals surface area contributed by atoms with E-state index in [9.17, 15) is 0 Å². The minimum absolute atomic E-state index is 0.0446. The smallest absolute Gasteiger partial charge is 0.252 e. The van der Waals surface area contributed by atoms with Crippen LogP contribution in [0, 0.1) is 31.4 Å². The highest BCUT2D eigenvalue weighted by atomic mass is 32.2. The number of fused-ring (bicyclic) bond motifs is 7. The first-order chi connectivity index (χ1) is 31.2. The maximum Gasteiger partial charge on any atom is 0.252 e. The lowest BCUT2D eigenvalue weighted by atomic mass is 9.31. The first kappa shape index (κ1) is 40.2. The van der Waals surface area contributed by atoms with Gasteiger partial charge in [-0.2, -0.15) is 0 Å². The third-order valence-corrected chi connectivity index (χ3v) is 15.0. The molecule has 0 amide bonds. The Balaban J connectivity index is 1.44. The average molecular weight is 851 g/mol. The Morgan fingerprint density at radius 3 is 1.73 bits per heavy atom. The van der Waals surface area contributed by atoms with E-state index in [1.165, 1.54) is 34.6 Å². The zero-order chi connectivity index (χ0) is 44.0. The molecule has 0 saturated heterocycles. The maximum absolute atomic E-state index is 17.2. The molecule has 3 heterocycles. The van der Waals surface area contributed by atoms with Crippen LogP contribution in [-0.4, -0.2) is 19.5 Å². The zero-order valence-corrected chi connectivity index (χ0v) is 37.5. The van der Waals surface area contributed by atoms with Crippen LogP contribution in [0.25, 0.3) is 33.4 Å². The monoisotopic (exact) mass is 850 g/mol. The van der Waals surface area contributed by atoms with E-state index in [0.717, 1.165) is 88.0 Å². The molecule has 11 rings (SSSR count). The summed E-state index contributed by atoms with van der Waals surface area (Å²) in [7, 11) is 0. The molecule has 0 spiro atoms. The Morgan fingerprint density at radius 2 is 1.12 bits per heavy atom. The third-order valence-electron chi connectivity index (χ3n) is 13.7. The molecule has 8 aromatic carbocycles. The number of halogens is 2. The van der Waals surface area contributed by atoms with Crippen molar-refractivity contribution in [2.75, 3.05) is 9.80 Å². The minimum Gasteiger partial charge on any atom is -0.340 e. The van der Waals surface area contributed by atoms with Crippen molar-refractivity contribution in [3.05, 3.63) is 193 Å². The number of hydrogen-bond donors (Lipinski definition) is 0. The third kappa shape index (κ3) is 6.08. The van der Waals surface area contributed by atoms with Crippen LogP contribution < -0.4 is 37.1 Å². The number of rotatable bonds is 7. The summed E-state index contributed by atoms with van der Waals surface area (Å²) < 4.78 is 34.3. The van der Waals surface area contributed by atoms with Gasteiger partial charge in [-0.1, -0.05) is 170 Å². The molecule has 0 bridgehead atoms. The summed E-state index contributed by atoms with van der Waals surface area (Å²) in [5, 5.41) is 0. The summed E-state index contributed by atoms with van der Waals surface area (Å²) >= 11 is 1.77. The number of anilines is 5. The van der Waals surface area contributed by atoms with Gasteiger partial charge >= 0.3 is 0 Å². The van der Waals surface area contributed by atoms with E-state index in [0.29, 0.717) is 0 Å². The number of aryl methyl sites for hydroxylation is 2. The molecule has 0 aliphatic carbocycles. The lowest BCUT2D eigenvalue weighted by Crippen LogP contribution is -2.66.